The Labute approximate surface area is 119 Å². The van der Waals surface area contributed by atoms with Gasteiger partial charge in [-0.05, 0) is 24.6 Å². The van der Waals surface area contributed by atoms with E-state index >= 15 is 0 Å². The van der Waals surface area contributed by atoms with Crippen LogP contribution in [0, 0.1) is 0 Å². The van der Waals surface area contributed by atoms with Gasteiger partial charge in [-0.15, -0.1) is 0 Å². The van der Waals surface area contributed by atoms with Crippen molar-refractivity contribution in [1.82, 2.24) is 19.3 Å². The first kappa shape index (κ1) is 12.2. The Balaban J connectivity index is 2.35. The number of fused-ring (bicyclic) bond motifs is 1. The van der Waals surface area contributed by atoms with Gasteiger partial charge in [-0.3, -0.25) is 4.57 Å². The Kier molecular flexibility index (Phi) is 2.82. The maximum Gasteiger partial charge on any atom is 0.207 e. The summed E-state index contributed by atoms with van der Waals surface area (Å²) < 4.78 is 4.76. The largest absolute Gasteiger partial charge is 0.369 e. The summed E-state index contributed by atoms with van der Waals surface area (Å²) in [7, 11) is 1.91. The van der Waals surface area contributed by atoms with Crippen molar-refractivity contribution in [2.75, 3.05) is 5.73 Å². The summed E-state index contributed by atoms with van der Waals surface area (Å²) in [5.74, 6) is 0.482. The number of rotatable bonds is 2. The number of aryl methyl sites for hydroxylation is 2. The fourth-order valence-electron chi connectivity index (χ4n) is 2.30. The fourth-order valence-corrected chi connectivity index (χ4v) is 2.69. The Morgan fingerprint density at radius 3 is 2.84 bits per heavy atom. The Morgan fingerprint density at radius 1 is 1.37 bits per heavy atom. The monoisotopic (exact) mass is 319 g/mol. The second-order valence-electron chi connectivity index (χ2n) is 4.38. The van der Waals surface area contributed by atoms with Crippen LogP contribution < -0.4 is 5.73 Å². The minimum Gasteiger partial charge on any atom is -0.369 e. The third-order valence-corrected chi connectivity index (χ3v) is 3.62. The van der Waals surface area contributed by atoms with Crippen molar-refractivity contribution in [3.63, 3.8) is 0 Å². The molecule has 0 saturated carbocycles. The molecule has 1 aromatic carbocycles. The third-order valence-electron chi connectivity index (χ3n) is 3.13. The number of aromatic nitrogens is 4. The standard InChI is InChI=1S/C13H14BrN5/c1-3-10-11-12(18(2)17-10)19(13(15)16-11)9-6-4-5-8(14)7-9/h4-7H,3H2,1-2H3,(H2,15,16). The van der Waals surface area contributed by atoms with Crippen molar-refractivity contribution >= 4 is 33.0 Å². The molecule has 0 bridgehead atoms. The summed E-state index contributed by atoms with van der Waals surface area (Å²) in [5.41, 5.74) is 9.81. The van der Waals surface area contributed by atoms with Gasteiger partial charge in [0.05, 0.1) is 11.4 Å². The summed E-state index contributed by atoms with van der Waals surface area (Å²) in [5, 5.41) is 4.48. The van der Waals surface area contributed by atoms with Gasteiger partial charge in [-0.25, -0.2) is 9.67 Å². The molecule has 0 radical (unpaired) electrons. The number of hydrogen-bond acceptors (Lipinski definition) is 3. The maximum absolute atomic E-state index is 6.07. The molecule has 2 aromatic heterocycles. The molecule has 0 saturated heterocycles. The van der Waals surface area contributed by atoms with Crippen LogP contribution in [0.2, 0.25) is 0 Å². The van der Waals surface area contributed by atoms with Gasteiger partial charge < -0.3 is 5.73 Å². The number of hydrogen-bond donors (Lipinski definition) is 1. The average Bonchev–Trinajstić information content (AvgIpc) is 2.86. The van der Waals surface area contributed by atoms with E-state index in [-0.39, 0.29) is 0 Å². The molecule has 19 heavy (non-hydrogen) atoms. The van der Waals surface area contributed by atoms with Crippen molar-refractivity contribution in [3.05, 3.63) is 34.4 Å². The molecule has 0 fully saturated rings. The number of benzene rings is 1. The zero-order valence-electron chi connectivity index (χ0n) is 10.8. The van der Waals surface area contributed by atoms with E-state index in [4.69, 9.17) is 5.73 Å². The highest BCUT2D eigenvalue weighted by Gasteiger charge is 2.17. The predicted octanol–water partition coefficient (Wildman–Crippen LogP) is 2.67. The van der Waals surface area contributed by atoms with Crippen LogP contribution in [-0.4, -0.2) is 19.3 Å². The van der Waals surface area contributed by atoms with E-state index < -0.39 is 0 Å². The van der Waals surface area contributed by atoms with Crippen LogP contribution in [-0.2, 0) is 13.5 Å². The van der Waals surface area contributed by atoms with Crippen LogP contribution in [0.3, 0.4) is 0 Å². The Hall–Kier alpha value is -1.82. The normalized spacial score (nSPS) is 11.3. The first-order valence-corrected chi connectivity index (χ1v) is 6.87. The lowest BCUT2D eigenvalue weighted by molar-refractivity contribution is 0.751. The SMILES string of the molecule is CCc1nn(C)c2c1nc(N)n2-c1cccc(Br)c1. The summed E-state index contributed by atoms with van der Waals surface area (Å²) >= 11 is 3.48. The number of nitrogen functional groups attached to an aromatic ring is 1. The molecular formula is C13H14BrN5. The second-order valence-corrected chi connectivity index (χ2v) is 5.30. The maximum atomic E-state index is 6.07. The van der Waals surface area contributed by atoms with Gasteiger partial charge >= 0.3 is 0 Å². The molecule has 0 atom stereocenters. The molecule has 0 spiro atoms. The van der Waals surface area contributed by atoms with Crippen molar-refractivity contribution in [2.24, 2.45) is 7.05 Å². The highest BCUT2D eigenvalue weighted by molar-refractivity contribution is 9.10. The lowest BCUT2D eigenvalue weighted by Crippen LogP contribution is -2.04. The summed E-state index contributed by atoms with van der Waals surface area (Å²) in [6.45, 7) is 2.07. The van der Waals surface area contributed by atoms with Crippen LogP contribution in [0.5, 0.6) is 0 Å². The zero-order chi connectivity index (χ0) is 13.6. The molecule has 6 heteroatoms. The first-order valence-electron chi connectivity index (χ1n) is 6.07. The topological polar surface area (TPSA) is 61.7 Å². The lowest BCUT2D eigenvalue weighted by Gasteiger charge is -2.07. The number of nitrogens with two attached hydrogens (primary N) is 1. The molecule has 5 nitrogen and oxygen atoms in total. The fraction of sp³-hybridized carbons (Fsp3) is 0.231. The summed E-state index contributed by atoms with van der Waals surface area (Å²) in [6, 6.07) is 7.97. The quantitative estimate of drug-likeness (QED) is 0.790. The minimum absolute atomic E-state index is 0.482. The zero-order valence-corrected chi connectivity index (χ0v) is 12.3. The molecule has 2 heterocycles. The Morgan fingerprint density at radius 2 is 2.16 bits per heavy atom. The molecule has 3 rings (SSSR count). The third kappa shape index (κ3) is 1.83. The molecule has 0 aliphatic rings. The van der Waals surface area contributed by atoms with Crippen molar-refractivity contribution < 1.29 is 0 Å². The smallest absolute Gasteiger partial charge is 0.207 e. The lowest BCUT2D eigenvalue weighted by atomic mass is 10.3. The molecule has 0 aliphatic carbocycles. The van der Waals surface area contributed by atoms with Gasteiger partial charge in [0.25, 0.3) is 0 Å². The number of nitrogens with zero attached hydrogens (tertiary/aromatic N) is 4. The number of anilines is 1. The van der Waals surface area contributed by atoms with E-state index in [2.05, 4.69) is 32.9 Å². The van der Waals surface area contributed by atoms with Gasteiger partial charge in [-0.1, -0.05) is 28.9 Å². The van der Waals surface area contributed by atoms with Gasteiger partial charge in [-0.2, -0.15) is 5.10 Å². The van der Waals surface area contributed by atoms with Crippen LogP contribution in [0.15, 0.2) is 28.7 Å². The molecule has 3 aromatic rings. The molecule has 98 valence electrons. The van der Waals surface area contributed by atoms with E-state index in [0.29, 0.717) is 5.95 Å². The van der Waals surface area contributed by atoms with E-state index in [0.717, 1.165) is 33.4 Å². The summed E-state index contributed by atoms with van der Waals surface area (Å²) in [4.78, 5) is 4.45. The number of imidazole rings is 1. The first-order chi connectivity index (χ1) is 9.11. The van der Waals surface area contributed by atoms with E-state index in [1.165, 1.54) is 0 Å². The predicted molar refractivity (Wildman–Crippen MR) is 79.3 cm³/mol. The average molecular weight is 320 g/mol. The van der Waals surface area contributed by atoms with Gasteiger partial charge in [0.1, 0.15) is 5.52 Å². The molecule has 0 unspecified atom stereocenters. The Bertz CT molecular complexity index is 756. The van der Waals surface area contributed by atoms with Crippen LogP contribution in [0.1, 0.15) is 12.6 Å². The number of halogens is 1. The van der Waals surface area contributed by atoms with E-state index in [1.54, 1.807) is 0 Å². The highest BCUT2D eigenvalue weighted by atomic mass is 79.9. The molecule has 2 N–H and O–H groups in total. The highest BCUT2D eigenvalue weighted by Crippen LogP contribution is 2.26. The van der Waals surface area contributed by atoms with E-state index in [9.17, 15) is 0 Å². The van der Waals surface area contributed by atoms with Gasteiger partial charge in [0.2, 0.25) is 5.95 Å². The van der Waals surface area contributed by atoms with Gasteiger partial charge in [0, 0.05) is 11.5 Å². The van der Waals surface area contributed by atoms with Crippen LogP contribution >= 0.6 is 15.9 Å². The van der Waals surface area contributed by atoms with Gasteiger partial charge in [0.15, 0.2) is 5.65 Å². The molecule has 0 aliphatic heterocycles. The van der Waals surface area contributed by atoms with Crippen LogP contribution in [0.4, 0.5) is 5.95 Å². The summed E-state index contributed by atoms with van der Waals surface area (Å²) in [6.07, 6.45) is 0.840. The van der Waals surface area contributed by atoms with Crippen molar-refractivity contribution in [1.29, 1.82) is 0 Å². The van der Waals surface area contributed by atoms with E-state index in [1.807, 2.05) is 40.6 Å². The van der Waals surface area contributed by atoms with Crippen molar-refractivity contribution in [2.45, 2.75) is 13.3 Å². The minimum atomic E-state index is 0.482. The second kappa shape index (κ2) is 4.38. The molecular weight excluding hydrogens is 306 g/mol. The van der Waals surface area contributed by atoms with Crippen LogP contribution in [0.25, 0.3) is 16.9 Å². The van der Waals surface area contributed by atoms with Crippen molar-refractivity contribution in [3.8, 4) is 5.69 Å². The molecule has 0 amide bonds.